The Morgan fingerprint density at radius 2 is 1.85 bits per heavy atom. The fourth-order valence-corrected chi connectivity index (χ4v) is 4.92. The van der Waals surface area contributed by atoms with Gasteiger partial charge in [0.05, 0.1) is 4.83 Å². The molecule has 106 valence electrons. The van der Waals surface area contributed by atoms with Crippen molar-refractivity contribution in [2.24, 2.45) is 0 Å². The van der Waals surface area contributed by atoms with Crippen LogP contribution in [-0.4, -0.2) is 0 Å². The number of benzene rings is 1. The topological polar surface area (TPSA) is 0 Å². The van der Waals surface area contributed by atoms with E-state index in [0.29, 0.717) is 4.83 Å². The smallest absolute Gasteiger partial charge is 0.0529 e. The lowest BCUT2D eigenvalue weighted by Crippen LogP contribution is -1.92. The largest absolute Gasteiger partial charge is 0.144 e. The van der Waals surface area contributed by atoms with Gasteiger partial charge in [0.2, 0.25) is 0 Å². The minimum Gasteiger partial charge on any atom is -0.144 e. The van der Waals surface area contributed by atoms with Gasteiger partial charge in [-0.05, 0) is 61.4 Å². The molecule has 1 unspecified atom stereocenters. The maximum Gasteiger partial charge on any atom is 0.0529 e. The summed E-state index contributed by atoms with van der Waals surface area (Å²) in [5.41, 5.74) is 2.93. The van der Waals surface area contributed by atoms with Gasteiger partial charge in [-0.2, -0.15) is 0 Å². The van der Waals surface area contributed by atoms with Gasteiger partial charge in [-0.3, -0.25) is 0 Å². The molecule has 0 bridgehead atoms. The molecule has 1 aliphatic carbocycles. The maximum absolute atomic E-state index is 5.94. The Balaban J connectivity index is 1.73. The molecule has 3 heteroatoms. The minimum absolute atomic E-state index is 0.417. The van der Waals surface area contributed by atoms with Crippen LogP contribution in [0.15, 0.2) is 30.3 Å². The van der Waals surface area contributed by atoms with E-state index in [-0.39, 0.29) is 0 Å². The van der Waals surface area contributed by atoms with Crippen LogP contribution < -0.4 is 0 Å². The average molecular weight is 370 g/mol. The lowest BCUT2D eigenvalue weighted by Gasteiger charge is -2.08. The first-order valence-corrected chi connectivity index (χ1v) is 9.33. The third-order valence-corrected chi connectivity index (χ3v) is 6.63. The van der Waals surface area contributed by atoms with Gasteiger partial charge in [-0.1, -0.05) is 46.1 Å². The molecule has 0 spiro atoms. The molecule has 1 heterocycles. The summed E-state index contributed by atoms with van der Waals surface area (Å²) < 4.78 is 0. The van der Waals surface area contributed by atoms with Crippen LogP contribution in [0, 0.1) is 0 Å². The van der Waals surface area contributed by atoms with E-state index in [4.69, 9.17) is 11.6 Å². The Hall–Kier alpha value is -0.310. The highest BCUT2D eigenvalue weighted by Crippen LogP contribution is 2.37. The number of hydrogen-bond donors (Lipinski definition) is 0. The molecular weight excluding hydrogens is 352 g/mol. The second-order valence-corrected chi connectivity index (χ2v) is 8.17. The predicted octanol–water partition coefficient (Wildman–Crippen LogP) is 6.35. The first kappa shape index (κ1) is 14.6. The Labute approximate surface area is 138 Å². The van der Waals surface area contributed by atoms with E-state index < -0.39 is 0 Å². The summed E-state index contributed by atoms with van der Waals surface area (Å²) >= 11 is 11.8. The highest BCUT2D eigenvalue weighted by Gasteiger charge is 2.17. The third kappa shape index (κ3) is 3.47. The standard InChI is InChI=1S/C17H18BrClS/c18-15(10-12-6-8-14(19)9-7-12)17-11-13-4-2-1-3-5-16(13)20-17/h6-9,11,15H,1-5,10H2. The molecule has 1 aromatic carbocycles. The summed E-state index contributed by atoms with van der Waals surface area (Å²) in [4.78, 5) is 3.52. The molecular formula is C17H18BrClS. The van der Waals surface area contributed by atoms with Crippen molar-refractivity contribution in [3.05, 3.63) is 56.2 Å². The molecule has 0 nitrogen and oxygen atoms in total. The second-order valence-electron chi connectivity index (χ2n) is 5.46. The Bertz CT molecular complexity index is 550. The van der Waals surface area contributed by atoms with Crippen molar-refractivity contribution in [3.8, 4) is 0 Å². The zero-order valence-corrected chi connectivity index (χ0v) is 14.5. The Morgan fingerprint density at radius 3 is 2.65 bits per heavy atom. The number of halogens is 2. The van der Waals surface area contributed by atoms with Crippen LogP contribution in [-0.2, 0) is 19.3 Å². The lowest BCUT2D eigenvalue weighted by atomic mass is 10.1. The third-order valence-electron chi connectivity index (χ3n) is 3.90. The van der Waals surface area contributed by atoms with Crippen molar-refractivity contribution >= 4 is 38.9 Å². The van der Waals surface area contributed by atoms with Crippen molar-refractivity contribution in [1.29, 1.82) is 0 Å². The van der Waals surface area contributed by atoms with Gasteiger partial charge in [0, 0.05) is 14.8 Å². The molecule has 0 amide bonds. The highest BCUT2D eigenvalue weighted by atomic mass is 79.9. The van der Waals surface area contributed by atoms with Crippen LogP contribution in [0.1, 0.15) is 45.0 Å². The van der Waals surface area contributed by atoms with Gasteiger partial charge in [-0.25, -0.2) is 0 Å². The van der Waals surface area contributed by atoms with E-state index in [9.17, 15) is 0 Å². The van der Waals surface area contributed by atoms with Gasteiger partial charge in [0.15, 0.2) is 0 Å². The number of hydrogen-bond acceptors (Lipinski definition) is 1. The summed E-state index contributed by atoms with van der Waals surface area (Å²) in [5, 5.41) is 0.808. The van der Waals surface area contributed by atoms with E-state index in [1.807, 2.05) is 23.5 Å². The average Bonchev–Trinajstić information content (AvgIpc) is 2.73. The molecule has 1 atom stereocenters. The Morgan fingerprint density at radius 1 is 1.10 bits per heavy atom. The summed E-state index contributed by atoms with van der Waals surface area (Å²) in [6.45, 7) is 0. The van der Waals surface area contributed by atoms with E-state index >= 15 is 0 Å². The van der Waals surface area contributed by atoms with Gasteiger partial charge in [0.1, 0.15) is 0 Å². The van der Waals surface area contributed by atoms with Crippen molar-refractivity contribution in [2.75, 3.05) is 0 Å². The lowest BCUT2D eigenvalue weighted by molar-refractivity contribution is 0.712. The van der Waals surface area contributed by atoms with E-state index in [2.05, 4.69) is 34.1 Å². The summed E-state index contributed by atoms with van der Waals surface area (Å²) in [5.74, 6) is 0. The molecule has 3 rings (SSSR count). The molecule has 0 radical (unpaired) electrons. The minimum atomic E-state index is 0.417. The zero-order valence-electron chi connectivity index (χ0n) is 11.4. The van der Waals surface area contributed by atoms with Crippen molar-refractivity contribution in [2.45, 2.75) is 43.4 Å². The van der Waals surface area contributed by atoms with Crippen LogP contribution in [0.3, 0.4) is 0 Å². The number of thiophene rings is 1. The predicted molar refractivity (Wildman–Crippen MR) is 92.4 cm³/mol. The molecule has 0 N–H and O–H groups in total. The summed E-state index contributed by atoms with van der Waals surface area (Å²) in [7, 11) is 0. The van der Waals surface area contributed by atoms with Gasteiger partial charge in [-0.15, -0.1) is 11.3 Å². The van der Waals surface area contributed by atoms with Crippen LogP contribution in [0.25, 0.3) is 0 Å². The quantitative estimate of drug-likeness (QED) is 0.437. The van der Waals surface area contributed by atoms with Gasteiger partial charge in [0.25, 0.3) is 0 Å². The number of alkyl halides is 1. The Kier molecular flexibility index (Phi) is 4.85. The molecule has 0 saturated carbocycles. The van der Waals surface area contributed by atoms with Crippen LogP contribution >= 0.6 is 38.9 Å². The molecule has 1 aromatic heterocycles. The number of aryl methyl sites for hydroxylation is 2. The van der Waals surface area contributed by atoms with Crippen molar-refractivity contribution in [1.82, 2.24) is 0 Å². The van der Waals surface area contributed by atoms with Crippen molar-refractivity contribution < 1.29 is 0 Å². The normalized spacial score (nSPS) is 16.5. The van der Waals surface area contributed by atoms with Crippen molar-refractivity contribution in [3.63, 3.8) is 0 Å². The highest BCUT2D eigenvalue weighted by molar-refractivity contribution is 9.09. The maximum atomic E-state index is 5.94. The number of fused-ring (bicyclic) bond motifs is 1. The van der Waals surface area contributed by atoms with Gasteiger partial charge >= 0.3 is 0 Å². The van der Waals surface area contributed by atoms with Crippen LogP contribution in [0.2, 0.25) is 5.02 Å². The molecule has 0 fully saturated rings. The summed E-state index contributed by atoms with van der Waals surface area (Å²) in [6, 6.07) is 10.6. The van der Waals surface area contributed by atoms with Gasteiger partial charge < -0.3 is 0 Å². The molecule has 20 heavy (non-hydrogen) atoms. The van der Waals surface area contributed by atoms with E-state index in [1.165, 1.54) is 42.5 Å². The fourth-order valence-electron chi connectivity index (χ4n) is 2.77. The van der Waals surface area contributed by atoms with E-state index in [0.717, 1.165) is 11.4 Å². The van der Waals surface area contributed by atoms with Crippen LogP contribution in [0.5, 0.6) is 0 Å². The second kappa shape index (κ2) is 6.64. The fraction of sp³-hybridized carbons (Fsp3) is 0.412. The summed E-state index contributed by atoms with van der Waals surface area (Å²) in [6.07, 6.45) is 7.67. The molecule has 1 aliphatic rings. The number of rotatable bonds is 3. The molecule has 0 saturated heterocycles. The monoisotopic (exact) mass is 368 g/mol. The van der Waals surface area contributed by atoms with E-state index in [1.54, 1.807) is 10.4 Å². The SMILES string of the molecule is Clc1ccc(CC(Br)c2cc3c(s2)CCCCC3)cc1. The molecule has 0 aliphatic heterocycles. The molecule has 2 aromatic rings. The zero-order chi connectivity index (χ0) is 13.9. The first-order chi connectivity index (χ1) is 9.72. The van der Waals surface area contributed by atoms with Crippen LogP contribution in [0.4, 0.5) is 0 Å². The first-order valence-electron chi connectivity index (χ1n) is 7.22.